The number of allylic oxidation sites excluding steroid dienone is 1. The fourth-order valence-electron chi connectivity index (χ4n) is 2.95. The number of hydrogen-bond acceptors (Lipinski definition) is 2. The SMILES string of the molecule is CC1=C(C(=O)Nc2ccc(C)c(C)c2)[C@H](c2cccc(Br)c2)NC(=S)N1. The zero-order valence-electron chi connectivity index (χ0n) is 14.8. The second kappa shape index (κ2) is 7.60. The highest BCUT2D eigenvalue weighted by molar-refractivity contribution is 9.10. The van der Waals surface area contributed by atoms with E-state index in [0.717, 1.165) is 27.0 Å². The third kappa shape index (κ3) is 3.97. The van der Waals surface area contributed by atoms with Crippen molar-refractivity contribution in [2.45, 2.75) is 26.8 Å². The van der Waals surface area contributed by atoms with Gasteiger partial charge in [0.2, 0.25) is 0 Å². The number of aryl methyl sites for hydroxylation is 2. The summed E-state index contributed by atoms with van der Waals surface area (Å²) in [5.41, 5.74) is 5.44. The summed E-state index contributed by atoms with van der Waals surface area (Å²) in [5, 5.41) is 9.78. The normalized spacial score (nSPS) is 16.8. The van der Waals surface area contributed by atoms with Crippen molar-refractivity contribution in [2.24, 2.45) is 0 Å². The second-order valence-corrected chi connectivity index (χ2v) is 7.70. The Hall–Kier alpha value is -2.18. The molecule has 0 fully saturated rings. The fraction of sp³-hybridized carbons (Fsp3) is 0.200. The summed E-state index contributed by atoms with van der Waals surface area (Å²) in [6, 6.07) is 13.5. The van der Waals surface area contributed by atoms with E-state index in [1.807, 2.05) is 63.2 Å². The van der Waals surface area contributed by atoms with Gasteiger partial charge in [0, 0.05) is 15.9 Å². The van der Waals surface area contributed by atoms with Crippen LogP contribution in [0, 0.1) is 13.8 Å². The molecule has 3 rings (SSSR count). The molecule has 0 saturated carbocycles. The van der Waals surface area contributed by atoms with Gasteiger partial charge in [-0.1, -0.05) is 34.1 Å². The molecule has 0 spiro atoms. The largest absolute Gasteiger partial charge is 0.351 e. The van der Waals surface area contributed by atoms with Crippen LogP contribution in [-0.4, -0.2) is 11.0 Å². The van der Waals surface area contributed by atoms with E-state index in [9.17, 15) is 4.79 Å². The van der Waals surface area contributed by atoms with Gasteiger partial charge in [-0.25, -0.2) is 0 Å². The molecule has 1 amide bonds. The number of benzene rings is 2. The lowest BCUT2D eigenvalue weighted by Crippen LogP contribution is -2.45. The summed E-state index contributed by atoms with van der Waals surface area (Å²) in [7, 11) is 0. The van der Waals surface area contributed by atoms with Gasteiger partial charge in [-0.2, -0.15) is 0 Å². The van der Waals surface area contributed by atoms with Crippen molar-refractivity contribution >= 4 is 44.9 Å². The van der Waals surface area contributed by atoms with Crippen molar-refractivity contribution in [3.63, 3.8) is 0 Å². The van der Waals surface area contributed by atoms with Gasteiger partial charge >= 0.3 is 0 Å². The third-order valence-electron chi connectivity index (χ3n) is 4.46. The molecular formula is C20H20BrN3OS. The zero-order chi connectivity index (χ0) is 18.8. The molecule has 2 aromatic carbocycles. The molecule has 1 heterocycles. The van der Waals surface area contributed by atoms with Crippen LogP contribution < -0.4 is 16.0 Å². The van der Waals surface area contributed by atoms with E-state index in [1.54, 1.807) is 0 Å². The minimum Gasteiger partial charge on any atom is -0.351 e. The van der Waals surface area contributed by atoms with Gasteiger partial charge in [-0.05, 0) is 73.9 Å². The van der Waals surface area contributed by atoms with Crippen LogP contribution in [0.3, 0.4) is 0 Å². The van der Waals surface area contributed by atoms with Crippen LogP contribution in [-0.2, 0) is 4.79 Å². The quantitative estimate of drug-likeness (QED) is 0.628. The van der Waals surface area contributed by atoms with E-state index >= 15 is 0 Å². The van der Waals surface area contributed by atoms with E-state index in [1.165, 1.54) is 5.56 Å². The molecule has 134 valence electrons. The third-order valence-corrected chi connectivity index (χ3v) is 5.17. The maximum atomic E-state index is 13.0. The second-order valence-electron chi connectivity index (χ2n) is 6.38. The number of thiocarbonyl (C=S) groups is 1. The van der Waals surface area contributed by atoms with E-state index in [0.29, 0.717) is 10.7 Å². The molecule has 26 heavy (non-hydrogen) atoms. The first-order valence-corrected chi connectivity index (χ1v) is 9.47. The van der Waals surface area contributed by atoms with Crippen molar-refractivity contribution < 1.29 is 4.79 Å². The standard InChI is InChI=1S/C20H20BrN3OS/c1-11-7-8-16(9-12(11)2)23-19(25)17-13(3)22-20(26)24-18(17)14-5-4-6-15(21)10-14/h4-10,18H,1-3H3,(H,23,25)(H2,22,24,26)/t18-/m0/s1. The smallest absolute Gasteiger partial charge is 0.255 e. The van der Waals surface area contributed by atoms with Gasteiger partial charge in [-0.3, -0.25) is 4.79 Å². The molecule has 4 nitrogen and oxygen atoms in total. The predicted octanol–water partition coefficient (Wildman–Crippen LogP) is 4.50. The Morgan fingerprint density at radius 3 is 2.58 bits per heavy atom. The van der Waals surface area contributed by atoms with Crippen LogP contribution in [0.2, 0.25) is 0 Å². The molecule has 0 saturated heterocycles. The minimum atomic E-state index is -0.312. The van der Waals surface area contributed by atoms with Crippen LogP contribution in [0.15, 0.2) is 58.2 Å². The van der Waals surface area contributed by atoms with Crippen molar-refractivity contribution in [1.82, 2.24) is 10.6 Å². The van der Waals surface area contributed by atoms with Crippen LogP contribution in [0.4, 0.5) is 5.69 Å². The lowest BCUT2D eigenvalue weighted by atomic mass is 9.95. The summed E-state index contributed by atoms with van der Waals surface area (Å²) in [6.07, 6.45) is 0. The van der Waals surface area contributed by atoms with Crippen LogP contribution in [0.25, 0.3) is 0 Å². The fourth-order valence-corrected chi connectivity index (χ4v) is 3.64. The Morgan fingerprint density at radius 2 is 1.88 bits per heavy atom. The molecule has 1 aliphatic rings. The maximum absolute atomic E-state index is 13.0. The van der Waals surface area contributed by atoms with Gasteiger partial charge in [0.25, 0.3) is 5.91 Å². The first kappa shape index (κ1) is 18.6. The molecule has 3 N–H and O–H groups in total. The van der Waals surface area contributed by atoms with E-state index in [-0.39, 0.29) is 11.9 Å². The van der Waals surface area contributed by atoms with Gasteiger partial charge in [-0.15, -0.1) is 0 Å². The summed E-state index contributed by atoms with van der Waals surface area (Å²) < 4.78 is 0.952. The Morgan fingerprint density at radius 1 is 1.12 bits per heavy atom. The Labute approximate surface area is 167 Å². The highest BCUT2D eigenvalue weighted by atomic mass is 79.9. The van der Waals surface area contributed by atoms with E-state index < -0.39 is 0 Å². The maximum Gasteiger partial charge on any atom is 0.255 e. The molecule has 0 unspecified atom stereocenters. The molecule has 0 bridgehead atoms. The Balaban J connectivity index is 1.95. The average molecular weight is 430 g/mol. The minimum absolute atomic E-state index is 0.154. The average Bonchev–Trinajstić information content (AvgIpc) is 2.57. The number of amides is 1. The number of rotatable bonds is 3. The number of nitrogens with one attached hydrogen (secondary N) is 3. The number of halogens is 1. The highest BCUT2D eigenvalue weighted by Crippen LogP contribution is 2.29. The van der Waals surface area contributed by atoms with E-state index in [4.69, 9.17) is 12.2 Å². The zero-order valence-corrected chi connectivity index (χ0v) is 17.2. The lowest BCUT2D eigenvalue weighted by Gasteiger charge is -2.30. The van der Waals surface area contributed by atoms with Crippen LogP contribution in [0.5, 0.6) is 0 Å². The van der Waals surface area contributed by atoms with Crippen LogP contribution in [0.1, 0.15) is 29.7 Å². The highest BCUT2D eigenvalue weighted by Gasteiger charge is 2.30. The molecule has 1 aliphatic heterocycles. The van der Waals surface area contributed by atoms with Crippen molar-refractivity contribution in [3.8, 4) is 0 Å². The number of hydrogen-bond donors (Lipinski definition) is 3. The topological polar surface area (TPSA) is 53.2 Å². The Bertz CT molecular complexity index is 923. The molecule has 0 radical (unpaired) electrons. The summed E-state index contributed by atoms with van der Waals surface area (Å²) in [6.45, 7) is 5.95. The molecule has 0 aromatic heterocycles. The first-order valence-electron chi connectivity index (χ1n) is 8.27. The molecule has 2 aromatic rings. The van der Waals surface area contributed by atoms with Gasteiger partial charge in [0.15, 0.2) is 5.11 Å². The van der Waals surface area contributed by atoms with Crippen molar-refractivity contribution in [1.29, 1.82) is 0 Å². The van der Waals surface area contributed by atoms with Gasteiger partial charge < -0.3 is 16.0 Å². The van der Waals surface area contributed by atoms with Gasteiger partial charge in [0.05, 0.1) is 11.6 Å². The Kier molecular flexibility index (Phi) is 5.44. The number of carbonyl (C=O) groups is 1. The molecule has 0 aliphatic carbocycles. The molecular weight excluding hydrogens is 410 g/mol. The summed E-state index contributed by atoms with van der Waals surface area (Å²) >= 11 is 8.79. The lowest BCUT2D eigenvalue weighted by molar-refractivity contribution is -0.113. The summed E-state index contributed by atoms with van der Waals surface area (Å²) in [4.78, 5) is 13.0. The number of carbonyl (C=O) groups excluding carboxylic acids is 1. The van der Waals surface area contributed by atoms with E-state index in [2.05, 4.69) is 31.9 Å². The van der Waals surface area contributed by atoms with Crippen molar-refractivity contribution in [2.75, 3.05) is 5.32 Å². The van der Waals surface area contributed by atoms with Gasteiger partial charge in [0.1, 0.15) is 0 Å². The number of anilines is 1. The molecule has 1 atom stereocenters. The first-order chi connectivity index (χ1) is 12.3. The summed E-state index contributed by atoms with van der Waals surface area (Å²) in [5.74, 6) is -0.154. The van der Waals surface area contributed by atoms with Crippen LogP contribution >= 0.6 is 28.1 Å². The predicted molar refractivity (Wildman–Crippen MR) is 113 cm³/mol. The monoisotopic (exact) mass is 429 g/mol. The molecule has 6 heteroatoms. The van der Waals surface area contributed by atoms with Crippen molar-refractivity contribution in [3.05, 3.63) is 74.9 Å².